The summed E-state index contributed by atoms with van der Waals surface area (Å²) < 4.78 is 0. The molecule has 0 spiro atoms. The predicted octanol–water partition coefficient (Wildman–Crippen LogP) is 2.63. The Morgan fingerprint density at radius 1 is 1.25 bits per heavy atom. The molecule has 1 aromatic rings. The summed E-state index contributed by atoms with van der Waals surface area (Å²) in [4.78, 5) is 12.6. The molecule has 86 valence electrons. The van der Waals surface area contributed by atoms with E-state index in [-0.39, 0.29) is 0 Å². The van der Waals surface area contributed by atoms with Crippen molar-refractivity contribution in [1.29, 1.82) is 0 Å². The molecule has 0 heterocycles. The minimum atomic E-state index is -0.923. The maximum atomic E-state index is 10.3. The summed E-state index contributed by atoms with van der Waals surface area (Å²) >= 11 is 0. The fourth-order valence-corrected chi connectivity index (χ4v) is 1.55. The zero-order valence-electron chi connectivity index (χ0n) is 9.68. The van der Waals surface area contributed by atoms with E-state index in [9.17, 15) is 4.79 Å². The number of nitrogens with zero attached hydrogens (tertiary/aromatic N) is 1. The zero-order valence-corrected chi connectivity index (χ0v) is 9.68. The number of rotatable bonds is 5. The highest BCUT2D eigenvalue weighted by Crippen LogP contribution is 2.15. The highest BCUT2D eigenvalue weighted by molar-refractivity contribution is 5.85. The summed E-state index contributed by atoms with van der Waals surface area (Å²) in [7, 11) is 0. The largest absolute Gasteiger partial charge is 0.478 e. The maximum Gasteiger partial charge on any atom is 0.328 e. The Morgan fingerprint density at radius 2 is 1.81 bits per heavy atom. The number of carboxylic acids is 1. The normalized spacial score (nSPS) is 10.6. The number of carbonyl (C=O) groups is 1. The molecular formula is C13H17NO2. The molecule has 1 aromatic carbocycles. The first kappa shape index (κ1) is 12.3. The van der Waals surface area contributed by atoms with Crippen LogP contribution in [0.3, 0.4) is 0 Å². The smallest absolute Gasteiger partial charge is 0.328 e. The molecule has 0 amide bonds. The fourth-order valence-electron chi connectivity index (χ4n) is 1.55. The number of benzene rings is 1. The topological polar surface area (TPSA) is 40.5 Å². The van der Waals surface area contributed by atoms with Crippen molar-refractivity contribution >= 4 is 17.7 Å². The van der Waals surface area contributed by atoms with Gasteiger partial charge in [0.2, 0.25) is 0 Å². The molecule has 0 radical (unpaired) electrons. The lowest BCUT2D eigenvalue weighted by Crippen LogP contribution is -2.21. The van der Waals surface area contributed by atoms with E-state index in [1.165, 1.54) is 0 Å². The van der Waals surface area contributed by atoms with Crippen LogP contribution in [-0.4, -0.2) is 24.2 Å². The van der Waals surface area contributed by atoms with Gasteiger partial charge in [0.05, 0.1) is 0 Å². The minimum absolute atomic E-state index is 0.901. The first-order valence-corrected chi connectivity index (χ1v) is 5.43. The summed E-state index contributed by atoms with van der Waals surface area (Å²) in [6, 6.07) is 7.86. The lowest BCUT2D eigenvalue weighted by Gasteiger charge is -2.20. The van der Waals surface area contributed by atoms with Crippen molar-refractivity contribution in [2.75, 3.05) is 18.0 Å². The highest BCUT2D eigenvalue weighted by atomic mass is 16.4. The van der Waals surface area contributed by atoms with Crippen LogP contribution in [0.5, 0.6) is 0 Å². The molecule has 0 aromatic heterocycles. The lowest BCUT2D eigenvalue weighted by atomic mass is 10.2. The van der Waals surface area contributed by atoms with E-state index in [0.717, 1.165) is 30.4 Å². The Balaban J connectivity index is 2.78. The molecular weight excluding hydrogens is 202 g/mol. The van der Waals surface area contributed by atoms with Gasteiger partial charge in [-0.15, -0.1) is 0 Å². The van der Waals surface area contributed by atoms with E-state index in [1.54, 1.807) is 6.08 Å². The van der Waals surface area contributed by atoms with Gasteiger partial charge in [-0.25, -0.2) is 4.79 Å². The number of anilines is 1. The second kappa shape index (κ2) is 5.95. The summed E-state index contributed by atoms with van der Waals surface area (Å²) in [5.74, 6) is -0.923. The van der Waals surface area contributed by atoms with Crippen LogP contribution >= 0.6 is 0 Å². The van der Waals surface area contributed by atoms with E-state index in [4.69, 9.17) is 5.11 Å². The predicted molar refractivity (Wildman–Crippen MR) is 66.7 cm³/mol. The van der Waals surface area contributed by atoms with E-state index in [0.29, 0.717) is 0 Å². The van der Waals surface area contributed by atoms with Gasteiger partial charge in [0.1, 0.15) is 0 Å². The van der Waals surface area contributed by atoms with Crippen molar-refractivity contribution in [3.63, 3.8) is 0 Å². The molecule has 0 aliphatic rings. The van der Waals surface area contributed by atoms with Crippen LogP contribution in [0.1, 0.15) is 19.4 Å². The summed E-state index contributed by atoms with van der Waals surface area (Å²) in [6.45, 7) is 6.17. The Bertz CT molecular complexity index is 364. The van der Waals surface area contributed by atoms with Crippen LogP contribution in [0.15, 0.2) is 30.3 Å². The molecule has 1 N–H and O–H groups in total. The van der Waals surface area contributed by atoms with Crippen molar-refractivity contribution in [2.24, 2.45) is 0 Å². The van der Waals surface area contributed by atoms with Crippen molar-refractivity contribution in [2.45, 2.75) is 13.8 Å². The van der Waals surface area contributed by atoms with Crippen molar-refractivity contribution in [3.05, 3.63) is 35.9 Å². The van der Waals surface area contributed by atoms with Crippen LogP contribution in [0, 0.1) is 0 Å². The van der Waals surface area contributed by atoms with Gasteiger partial charge in [-0.05, 0) is 37.6 Å². The van der Waals surface area contributed by atoms with Gasteiger partial charge in [0.25, 0.3) is 0 Å². The highest BCUT2D eigenvalue weighted by Gasteiger charge is 2.00. The molecule has 0 aliphatic carbocycles. The number of aliphatic carboxylic acids is 1. The third kappa shape index (κ3) is 3.42. The second-order valence-corrected chi connectivity index (χ2v) is 3.44. The molecule has 0 saturated heterocycles. The first-order chi connectivity index (χ1) is 7.67. The van der Waals surface area contributed by atoms with E-state index >= 15 is 0 Å². The summed E-state index contributed by atoms with van der Waals surface area (Å²) in [5, 5.41) is 8.50. The Kier molecular flexibility index (Phi) is 4.58. The maximum absolute atomic E-state index is 10.3. The second-order valence-electron chi connectivity index (χ2n) is 3.44. The van der Waals surface area contributed by atoms with Gasteiger partial charge in [-0.1, -0.05) is 12.1 Å². The van der Waals surface area contributed by atoms with Crippen LogP contribution < -0.4 is 4.90 Å². The monoisotopic (exact) mass is 219 g/mol. The van der Waals surface area contributed by atoms with Crippen molar-refractivity contribution < 1.29 is 9.90 Å². The van der Waals surface area contributed by atoms with Crippen molar-refractivity contribution in [3.8, 4) is 0 Å². The average Bonchev–Trinajstić information content (AvgIpc) is 2.29. The molecule has 0 bridgehead atoms. The SMILES string of the molecule is CCN(CC)c1ccc(C=CC(=O)O)cc1. The Labute approximate surface area is 96.0 Å². The molecule has 3 heteroatoms. The third-order valence-corrected chi connectivity index (χ3v) is 2.44. The average molecular weight is 219 g/mol. The van der Waals surface area contributed by atoms with Gasteiger partial charge in [-0.2, -0.15) is 0 Å². The standard InChI is InChI=1S/C13H17NO2/c1-3-14(4-2)12-8-5-11(6-9-12)7-10-13(15)16/h5-10H,3-4H2,1-2H3,(H,15,16). The van der Waals surface area contributed by atoms with Crippen molar-refractivity contribution in [1.82, 2.24) is 0 Å². The van der Waals surface area contributed by atoms with Crippen LogP contribution in [0.2, 0.25) is 0 Å². The van der Waals surface area contributed by atoms with E-state index < -0.39 is 5.97 Å². The molecule has 16 heavy (non-hydrogen) atoms. The van der Waals surface area contributed by atoms with Crippen LogP contribution in [-0.2, 0) is 4.79 Å². The molecule has 3 nitrogen and oxygen atoms in total. The number of hydrogen-bond acceptors (Lipinski definition) is 2. The van der Waals surface area contributed by atoms with Gasteiger partial charge in [-0.3, -0.25) is 0 Å². The van der Waals surface area contributed by atoms with Gasteiger partial charge >= 0.3 is 5.97 Å². The number of hydrogen-bond donors (Lipinski definition) is 1. The van der Waals surface area contributed by atoms with Crippen LogP contribution in [0.25, 0.3) is 6.08 Å². The fraction of sp³-hybridized carbons (Fsp3) is 0.308. The lowest BCUT2D eigenvalue weighted by molar-refractivity contribution is -0.131. The van der Waals surface area contributed by atoms with Crippen LogP contribution in [0.4, 0.5) is 5.69 Å². The minimum Gasteiger partial charge on any atom is -0.478 e. The summed E-state index contributed by atoms with van der Waals surface area (Å²) in [5.41, 5.74) is 2.07. The van der Waals surface area contributed by atoms with E-state index in [2.05, 4.69) is 18.7 Å². The Hall–Kier alpha value is -1.77. The summed E-state index contributed by atoms with van der Waals surface area (Å²) in [6.07, 6.45) is 2.74. The number of carboxylic acid groups (broad SMARTS) is 1. The van der Waals surface area contributed by atoms with Gasteiger partial charge < -0.3 is 10.0 Å². The Morgan fingerprint density at radius 3 is 2.25 bits per heavy atom. The zero-order chi connectivity index (χ0) is 12.0. The first-order valence-electron chi connectivity index (χ1n) is 5.43. The molecule has 0 unspecified atom stereocenters. The molecule has 0 saturated carbocycles. The molecule has 1 rings (SSSR count). The molecule has 0 aliphatic heterocycles. The molecule has 0 atom stereocenters. The van der Waals surface area contributed by atoms with Gasteiger partial charge in [0, 0.05) is 24.9 Å². The third-order valence-electron chi connectivity index (χ3n) is 2.44. The van der Waals surface area contributed by atoms with Gasteiger partial charge in [0.15, 0.2) is 0 Å². The van der Waals surface area contributed by atoms with E-state index in [1.807, 2.05) is 24.3 Å². The molecule has 0 fully saturated rings. The quantitative estimate of drug-likeness (QED) is 0.774.